The van der Waals surface area contributed by atoms with Crippen molar-refractivity contribution in [3.8, 4) is 0 Å². The summed E-state index contributed by atoms with van der Waals surface area (Å²) in [5.41, 5.74) is 5.31. The van der Waals surface area contributed by atoms with Gasteiger partial charge in [0.1, 0.15) is 9.84 Å². The molecule has 2 N–H and O–H groups in total. The Hall–Kier alpha value is -0.250. The Morgan fingerprint density at radius 2 is 1.76 bits per heavy atom. The lowest BCUT2D eigenvalue weighted by atomic mass is 10.5. The molecule has 0 amide bonds. The van der Waals surface area contributed by atoms with Crippen LogP contribution in [0.4, 0.5) is 0 Å². The van der Waals surface area contributed by atoms with Crippen molar-refractivity contribution in [1.82, 2.24) is 4.31 Å². The quantitative estimate of drug-likeness (QED) is 0.599. The van der Waals surface area contributed by atoms with E-state index in [9.17, 15) is 16.8 Å². The van der Waals surface area contributed by atoms with Crippen LogP contribution in [0.15, 0.2) is 0 Å². The van der Waals surface area contributed by atoms with E-state index in [1.807, 2.05) is 6.92 Å². The molecule has 0 saturated carbocycles. The number of rotatable bonds is 8. The van der Waals surface area contributed by atoms with Crippen molar-refractivity contribution in [2.24, 2.45) is 5.73 Å². The summed E-state index contributed by atoms with van der Waals surface area (Å²) < 4.78 is 46.7. The first-order chi connectivity index (χ1) is 7.58. The second-order valence-electron chi connectivity index (χ2n) is 3.75. The third kappa shape index (κ3) is 7.63. The number of hydrogen-bond acceptors (Lipinski definition) is 5. The maximum absolute atomic E-state index is 11.8. The maximum Gasteiger partial charge on any atom is 0.215 e. The minimum absolute atomic E-state index is 0.0464. The van der Waals surface area contributed by atoms with E-state index in [2.05, 4.69) is 12.2 Å². The zero-order valence-electron chi connectivity index (χ0n) is 9.92. The zero-order chi connectivity index (χ0) is 13.7. The second-order valence-corrected chi connectivity index (χ2v) is 8.62. The molecule has 0 atom stereocenters. The first kappa shape index (κ1) is 16.8. The molecule has 0 heterocycles. The normalized spacial score (nSPS) is 12.9. The number of sulfone groups is 1. The average molecular weight is 302 g/mol. The molecule has 0 saturated heterocycles. The monoisotopic (exact) mass is 302 g/mol. The first-order valence-electron chi connectivity index (χ1n) is 5.02. The highest BCUT2D eigenvalue weighted by atomic mass is 32.2. The van der Waals surface area contributed by atoms with Gasteiger partial charge in [-0.2, -0.15) is 4.31 Å². The van der Waals surface area contributed by atoms with Crippen LogP contribution in [0.2, 0.25) is 0 Å². The Bertz CT molecular complexity index is 455. The van der Waals surface area contributed by atoms with Gasteiger partial charge in [-0.1, -0.05) is 19.1 Å². The molecule has 102 valence electrons. The summed E-state index contributed by atoms with van der Waals surface area (Å²) in [6.45, 7) is 2.05. The molecule has 0 fully saturated rings. The van der Waals surface area contributed by atoms with Gasteiger partial charge in [0.15, 0.2) is 0 Å². The van der Waals surface area contributed by atoms with Crippen LogP contribution >= 0.6 is 12.2 Å². The molecule has 0 aliphatic heterocycles. The highest BCUT2D eigenvalue weighted by molar-refractivity contribution is 7.93. The molecule has 0 aromatic rings. The van der Waals surface area contributed by atoms with Crippen molar-refractivity contribution in [3.05, 3.63) is 0 Å². The average Bonchev–Trinajstić information content (AvgIpc) is 2.13. The van der Waals surface area contributed by atoms with Crippen LogP contribution in [0.1, 0.15) is 13.3 Å². The molecule has 6 nitrogen and oxygen atoms in total. The van der Waals surface area contributed by atoms with Crippen molar-refractivity contribution in [3.63, 3.8) is 0 Å². The third-order valence-electron chi connectivity index (χ3n) is 1.91. The molecule has 0 spiro atoms. The van der Waals surface area contributed by atoms with E-state index in [0.29, 0.717) is 6.42 Å². The van der Waals surface area contributed by atoms with E-state index in [1.165, 1.54) is 0 Å². The topological polar surface area (TPSA) is 97.5 Å². The lowest BCUT2D eigenvalue weighted by Gasteiger charge is -2.20. The predicted octanol–water partition coefficient (Wildman–Crippen LogP) is -0.641. The highest BCUT2D eigenvalue weighted by Crippen LogP contribution is 2.04. The van der Waals surface area contributed by atoms with Crippen LogP contribution in [0.25, 0.3) is 0 Å². The van der Waals surface area contributed by atoms with Gasteiger partial charge in [-0.05, 0) is 6.42 Å². The molecule has 0 unspecified atom stereocenters. The molecule has 0 aliphatic rings. The predicted molar refractivity (Wildman–Crippen MR) is 72.1 cm³/mol. The summed E-state index contributed by atoms with van der Waals surface area (Å²) >= 11 is 4.67. The number of thiocarbonyl (C=S) groups is 1. The lowest BCUT2D eigenvalue weighted by Crippen LogP contribution is -2.40. The van der Waals surface area contributed by atoms with E-state index < -0.39 is 31.4 Å². The third-order valence-corrected chi connectivity index (χ3v) is 5.06. The van der Waals surface area contributed by atoms with E-state index in [-0.39, 0.29) is 18.1 Å². The minimum Gasteiger partial charge on any atom is -0.392 e. The smallest absolute Gasteiger partial charge is 0.215 e. The SMILES string of the molecule is CCCN(CC(N)=S)S(=O)(=O)CCS(C)(=O)=O. The zero-order valence-corrected chi connectivity index (χ0v) is 12.4. The van der Waals surface area contributed by atoms with E-state index in [0.717, 1.165) is 10.6 Å². The largest absolute Gasteiger partial charge is 0.392 e. The Morgan fingerprint density at radius 1 is 1.24 bits per heavy atom. The molecule has 0 aromatic heterocycles. The molecule has 0 rings (SSSR count). The van der Waals surface area contributed by atoms with E-state index >= 15 is 0 Å². The fraction of sp³-hybridized carbons (Fsp3) is 0.875. The summed E-state index contributed by atoms with van der Waals surface area (Å²) in [4.78, 5) is 0.0707. The van der Waals surface area contributed by atoms with Gasteiger partial charge in [-0.3, -0.25) is 0 Å². The van der Waals surface area contributed by atoms with Gasteiger partial charge in [0, 0.05) is 12.8 Å². The van der Waals surface area contributed by atoms with Crippen LogP contribution in [-0.4, -0.2) is 57.0 Å². The number of hydrogen-bond donors (Lipinski definition) is 1. The fourth-order valence-electron chi connectivity index (χ4n) is 1.13. The van der Waals surface area contributed by atoms with Crippen molar-refractivity contribution in [2.75, 3.05) is 30.9 Å². The fourth-order valence-corrected chi connectivity index (χ4v) is 4.47. The molecule has 9 heteroatoms. The van der Waals surface area contributed by atoms with Gasteiger partial charge in [0.2, 0.25) is 10.0 Å². The summed E-state index contributed by atoms with van der Waals surface area (Å²) in [6.07, 6.45) is 1.61. The van der Waals surface area contributed by atoms with E-state index in [4.69, 9.17) is 5.73 Å². The van der Waals surface area contributed by atoms with Crippen LogP contribution in [0.5, 0.6) is 0 Å². The second kappa shape index (κ2) is 6.62. The Labute approximate surface area is 108 Å². The van der Waals surface area contributed by atoms with Gasteiger partial charge < -0.3 is 5.73 Å². The van der Waals surface area contributed by atoms with Crippen LogP contribution in [-0.2, 0) is 19.9 Å². The summed E-state index contributed by atoms with van der Waals surface area (Å²) in [7, 11) is -6.93. The van der Waals surface area contributed by atoms with Gasteiger partial charge in [0.05, 0.1) is 23.0 Å². The van der Waals surface area contributed by atoms with Crippen LogP contribution in [0.3, 0.4) is 0 Å². The van der Waals surface area contributed by atoms with Gasteiger partial charge in [0.25, 0.3) is 0 Å². The van der Waals surface area contributed by atoms with Gasteiger partial charge in [-0.25, -0.2) is 16.8 Å². The molecular weight excluding hydrogens is 284 g/mol. The van der Waals surface area contributed by atoms with Crippen molar-refractivity contribution >= 4 is 37.1 Å². The lowest BCUT2D eigenvalue weighted by molar-refractivity contribution is 0.450. The molecule has 17 heavy (non-hydrogen) atoms. The van der Waals surface area contributed by atoms with Crippen LogP contribution < -0.4 is 5.73 Å². The maximum atomic E-state index is 11.8. The molecule has 0 bridgehead atoms. The molecule has 0 aromatic carbocycles. The van der Waals surface area contributed by atoms with E-state index in [1.54, 1.807) is 0 Å². The summed E-state index contributed by atoms with van der Waals surface area (Å²) in [5, 5.41) is 0. The number of nitrogens with zero attached hydrogens (tertiary/aromatic N) is 1. The van der Waals surface area contributed by atoms with Crippen molar-refractivity contribution in [1.29, 1.82) is 0 Å². The minimum atomic E-state index is -3.63. The Kier molecular flexibility index (Phi) is 6.52. The van der Waals surface area contributed by atoms with Gasteiger partial charge in [-0.15, -0.1) is 0 Å². The van der Waals surface area contributed by atoms with Crippen LogP contribution in [0, 0.1) is 0 Å². The van der Waals surface area contributed by atoms with Crippen molar-refractivity contribution in [2.45, 2.75) is 13.3 Å². The number of sulfonamides is 1. The standard InChI is InChI=1S/C8H18N2O4S3/c1-3-4-10(7-8(9)15)17(13,14)6-5-16(2,11)12/h3-7H2,1-2H3,(H2,9,15). The molecular formula is C8H18N2O4S3. The molecule has 0 aliphatic carbocycles. The highest BCUT2D eigenvalue weighted by Gasteiger charge is 2.23. The first-order valence-corrected chi connectivity index (χ1v) is 9.10. The molecule has 0 radical (unpaired) electrons. The van der Waals surface area contributed by atoms with Gasteiger partial charge >= 0.3 is 0 Å². The number of nitrogens with two attached hydrogens (primary N) is 1. The summed E-state index contributed by atoms with van der Waals surface area (Å²) in [6, 6.07) is 0. The summed E-state index contributed by atoms with van der Waals surface area (Å²) in [5.74, 6) is -0.832. The van der Waals surface area contributed by atoms with Crippen molar-refractivity contribution < 1.29 is 16.8 Å². The Morgan fingerprint density at radius 3 is 2.12 bits per heavy atom. The Balaban J connectivity index is 4.77.